The van der Waals surface area contributed by atoms with Crippen LogP contribution in [0.25, 0.3) is 0 Å². The molecule has 18 heavy (non-hydrogen) atoms. The van der Waals surface area contributed by atoms with E-state index in [9.17, 15) is 9.36 Å². The topological polar surface area (TPSA) is 109 Å². The van der Waals surface area contributed by atoms with E-state index < -0.39 is 13.5 Å². The number of amides is 1. The summed E-state index contributed by atoms with van der Waals surface area (Å²) in [6, 6.07) is 0. The fourth-order valence-electron chi connectivity index (χ4n) is 1.31. The average Bonchev–Trinajstić information content (AvgIpc) is 2.76. The van der Waals surface area contributed by atoms with Crippen molar-refractivity contribution in [2.24, 2.45) is 5.73 Å². The van der Waals surface area contributed by atoms with Gasteiger partial charge in [0, 0.05) is 0 Å². The molecule has 0 unspecified atom stereocenters. The molecule has 1 aromatic rings. The van der Waals surface area contributed by atoms with E-state index in [0.717, 1.165) is 0 Å². The molecule has 0 bridgehead atoms. The van der Waals surface area contributed by atoms with Gasteiger partial charge in [0.15, 0.2) is 5.69 Å². The molecule has 0 spiro atoms. The van der Waals surface area contributed by atoms with Crippen LogP contribution in [0, 0.1) is 0 Å². The Balaban J connectivity index is 2.61. The Hall–Kier alpha value is -1.24. The molecule has 1 rings (SSSR count). The third kappa shape index (κ3) is 4.21. The van der Waals surface area contributed by atoms with E-state index in [1.807, 2.05) is 0 Å². The van der Waals surface area contributed by atoms with Crippen molar-refractivity contribution in [3.05, 3.63) is 11.9 Å². The lowest BCUT2D eigenvalue weighted by Crippen LogP contribution is -2.11. The van der Waals surface area contributed by atoms with Crippen molar-refractivity contribution in [1.82, 2.24) is 15.0 Å². The van der Waals surface area contributed by atoms with Gasteiger partial charge in [0.25, 0.3) is 5.91 Å². The molecule has 0 atom stereocenters. The maximum absolute atomic E-state index is 12.1. The number of nitrogens with zero attached hydrogens (tertiary/aromatic N) is 3. The normalized spacial score (nSPS) is 11.7. The zero-order chi connectivity index (χ0) is 13.6. The zero-order valence-electron chi connectivity index (χ0n) is 10.4. The van der Waals surface area contributed by atoms with Gasteiger partial charge in [-0.15, -0.1) is 5.10 Å². The first-order valence-corrected chi connectivity index (χ1v) is 7.31. The molecule has 0 radical (unpaired) electrons. The first-order chi connectivity index (χ1) is 8.50. The number of nitrogens with two attached hydrogens (primary N) is 1. The molecule has 0 saturated carbocycles. The molecule has 1 aromatic heterocycles. The van der Waals surface area contributed by atoms with Crippen molar-refractivity contribution in [3.63, 3.8) is 0 Å². The van der Waals surface area contributed by atoms with Crippen LogP contribution in [0.5, 0.6) is 0 Å². The number of aromatic nitrogens is 3. The van der Waals surface area contributed by atoms with Crippen molar-refractivity contribution in [2.75, 3.05) is 19.4 Å². The van der Waals surface area contributed by atoms with Crippen LogP contribution in [-0.4, -0.2) is 40.3 Å². The monoisotopic (exact) mass is 276 g/mol. The van der Waals surface area contributed by atoms with Crippen molar-refractivity contribution in [2.45, 2.75) is 20.4 Å². The second-order valence-electron chi connectivity index (χ2n) is 3.40. The summed E-state index contributed by atoms with van der Waals surface area (Å²) in [6.07, 6.45) is 1.56. The van der Waals surface area contributed by atoms with Crippen molar-refractivity contribution in [3.8, 4) is 0 Å². The van der Waals surface area contributed by atoms with E-state index in [1.54, 1.807) is 13.8 Å². The van der Waals surface area contributed by atoms with E-state index in [1.165, 1.54) is 10.9 Å². The maximum atomic E-state index is 12.1. The Kier molecular flexibility index (Phi) is 5.46. The van der Waals surface area contributed by atoms with Gasteiger partial charge in [-0.05, 0) is 13.8 Å². The van der Waals surface area contributed by atoms with E-state index in [4.69, 9.17) is 14.8 Å². The Morgan fingerprint density at radius 1 is 1.44 bits per heavy atom. The molecule has 2 N–H and O–H groups in total. The van der Waals surface area contributed by atoms with Gasteiger partial charge in [0.2, 0.25) is 0 Å². The Labute approximate surface area is 105 Å². The summed E-state index contributed by atoms with van der Waals surface area (Å²) in [7, 11) is -3.10. The number of primary amides is 1. The second kappa shape index (κ2) is 6.63. The van der Waals surface area contributed by atoms with Gasteiger partial charge in [-0.2, -0.15) is 0 Å². The third-order valence-corrected chi connectivity index (χ3v) is 4.10. The summed E-state index contributed by atoms with van der Waals surface area (Å²) in [5, 5.41) is 7.27. The Bertz CT molecular complexity index is 438. The number of hydrogen-bond donors (Lipinski definition) is 1. The lowest BCUT2D eigenvalue weighted by Gasteiger charge is -2.16. The van der Waals surface area contributed by atoms with Crippen LogP contribution < -0.4 is 5.73 Å². The molecule has 0 aliphatic rings. The predicted octanol–water partition coefficient (Wildman–Crippen LogP) is 0.643. The third-order valence-electron chi connectivity index (χ3n) is 2.05. The van der Waals surface area contributed by atoms with Gasteiger partial charge in [-0.1, -0.05) is 5.21 Å². The molecule has 102 valence electrons. The van der Waals surface area contributed by atoms with E-state index in [0.29, 0.717) is 13.2 Å². The second-order valence-corrected chi connectivity index (χ2v) is 5.59. The minimum absolute atomic E-state index is 0.0673. The van der Waals surface area contributed by atoms with Crippen LogP contribution in [0.4, 0.5) is 0 Å². The smallest absolute Gasteiger partial charge is 0.332 e. The van der Waals surface area contributed by atoms with Gasteiger partial charge >= 0.3 is 7.60 Å². The molecule has 1 amide bonds. The van der Waals surface area contributed by atoms with Crippen LogP contribution in [0.3, 0.4) is 0 Å². The predicted molar refractivity (Wildman–Crippen MR) is 64.3 cm³/mol. The molecule has 0 aliphatic carbocycles. The van der Waals surface area contributed by atoms with Gasteiger partial charge in [-0.25, -0.2) is 0 Å². The minimum Gasteiger partial charge on any atom is -0.364 e. The fourth-order valence-corrected chi connectivity index (χ4v) is 2.87. The van der Waals surface area contributed by atoms with Crippen LogP contribution in [0.2, 0.25) is 0 Å². The molecule has 0 aliphatic heterocycles. The molecule has 1 heterocycles. The molecule has 9 heteroatoms. The number of rotatable bonds is 8. The van der Waals surface area contributed by atoms with Crippen LogP contribution in [0.15, 0.2) is 6.20 Å². The summed E-state index contributed by atoms with van der Waals surface area (Å²) < 4.78 is 23.8. The van der Waals surface area contributed by atoms with Crippen LogP contribution >= 0.6 is 7.60 Å². The number of aryl methyl sites for hydroxylation is 1. The quantitative estimate of drug-likeness (QED) is 0.698. The number of carbonyl (C=O) groups is 1. The summed E-state index contributed by atoms with van der Waals surface area (Å²) in [4.78, 5) is 10.8. The molecular weight excluding hydrogens is 259 g/mol. The molecule has 0 fully saturated rings. The maximum Gasteiger partial charge on any atom is 0.332 e. The fraction of sp³-hybridized carbons (Fsp3) is 0.667. The first kappa shape index (κ1) is 14.8. The highest BCUT2D eigenvalue weighted by molar-refractivity contribution is 7.53. The van der Waals surface area contributed by atoms with Gasteiger partial charge in [-0.3, -0.25) is 14.0 Å². The zero-order valence-corrected chi connectivity index (χ0v) is 11.3. The Morgan fingerprint density at radius 3 is 2.50 bits per heavy atom. The van der Waals surface area contributed by atoms with Crippen LogP contribution in [0.1, 0.15) is 24.3 Å². The van der Waals surface area contributed by atoms with E-state index >= 15 is 0 Å². The van der Waals surface area contributed by atoms with Crippen LogP contribution in [-0.2, 0) is 20.2 Å². The molecule has 8 nitrogen and oxygen atoms in total. The Morgan fingerprint density at radius 2 is 2.06 bits per heavy atom. The van der Waals surface area contributed by atoms with Crippen molar-refractivity contribution < 1.29 is 18.4 Å². The number of hydrogen-bond acceptors (Lipinski definition) is 6. The highest BCUT2D eigenvalue weighted by Crippen LogP contribution is 2.47. The highest BCUT2D eigenvalue weighted by Gasteiger charge is 2.23. The number of carbonyl (C=O) groups excluding carboxylic acids is 1. The molecular formula is C9H17N4O4P. The lowest BCUT2D eigenvalue weighted by molar-refractivity contribution is 0.0995. The average molecular weight is 276 g/mol. The summed E-state index contributed by atoms with van der Waals surface area (Å²) >= 11 is 0. The summed E-state index contributed by atoms with van der Waals surface area (Å²) in [5.74, 6) is -0.654. The largest absolute Gasteiger partial charge is 0.364 e. The van der Waals surface area contributed by atoms with Crippen molar-refractivity contribution in [1.29, 1.82) is 0 Å². The standard InChI is InChI=1S/C9H17N4O4P/c1-3-16-18(15,17-4-2)6-5-13-7-8(9(10)14)11-12-13/h7H,3-6H2,1-2H3,(H2,10,14). The van der Waals surface area contributed by atoms with E-state index in [2.05, 4.69) is 10.3 Å². The van der Waals surface area contributed by atoms with Crippen molar-refractivity contribution >= 4 is 13.5 Å². The van der Waals surface area contributed by atoms with Gasteiger partial charge in [0.05, 0.1) is 32.1 Å². The van der Waals surface area contributed by atoms with Gasteiger partial charge in [0.1, 0.15) is 0 Å². The minimum atomic E-state index is -3.10. The summed E-state index contributed by atoms with van der Waals surface area (Å²) in [6.45, 7) is 4.37. The molecule has 0 aromatic carbocycles. The molecule has 0 saturated heterocycles. The highest BCUT2D eigenvalue weighted by atomic mass is 31.2. The van der Waals surface area contributed by atoms with E-state index in [-0.39, 0.29) is 18.4 Å². The summed E-state index contributed by atoms with van der Waals surface area (Å²) in [5.41, 5.74) is 5.11. The van der Waals surface area contributed by atoms with Gasteiger partial charge < -0.3 is 14.8 Å². The first-order valence-electron chi connectivity index (χ1n) is 5.59. The SMILES string of the molecule is CCOP(=O)(CCn1cc(C(N)=O)nn1)OCC. The lowest BCUT2D eigenvalue weighted by atomic mass is 10.5.